The van der Waals surface area contributed by atoms with Gasteiger partial charge in [0.2, 0.25) is 5.91 Å². The molecule has 2 aromatic heterocycles. The van der Waals surface area contributed by atoms with Gasteiger partial charge in [0.05, 0.1) is 42.0 Å². The van der Waals surface area contributed by atoms with Gasteiger partial charge in [-0.05, 0) is 75.4 Å². The number of hydrogen-bond donors (Lipinski definition) is 1. The number of aliphatic hydroxyl groups is 1. The molecule has 9 heteroatoms. The number of pyridine rings is 1. The van der Waals surface area contributed by atoms with Gasteiger partial charge in [0.1, 0.15) is 0 Å². The molecule has 2 heterocycles. The Bertz CT molecular complexity index is 1310. The van der Waals surface area contributed by atoms with Crippen molar-refractivity contribution >= 4 is 29.3 Å². The maximum Gasteiger partial charge on any atom is 0.331 e. The number of amides is 1. The first-order valence-electron chi connectivity index (χ1n) is 13.6. The fraction of sp³-hybridized carbons (Fsp3) is 0.387. The smallest absolute Gasteiger partial charge is 0.331 e. The summed E-state index contributed by atoms with van der Waals surface area (Å²) in [6.07, 6.45) is 8.05. The molecule has 40 heavy (non-hydrogen) atoms. The standard InChI is InChI=1S/C31H37N5O4/c1-21(2)40-30(38)16-10-25-17-27(19-33-34-25)36(31(39)24-8-13-28(37)14-9-24)20-22-5-15-29(32-18-22)23-6-11-26(12-7-23)35(3)4/h5-7,10-12,15-19,21,24,28,37H,8-9,13-14,20H2,1-4H3/b16-10+. The third-order valence-corrected chi connectivity index (χ3v) is 6.87. The topological polar surface area (TPSA) is 109 Å². The molecule has 9 nitrogen and oxygen atoms in total. The molecule has 1 N–H and O–H groups in total. The Morgan fingerprint density at radius 2 is 1.75 bits per heavy atom. The van der Waals surface area contributed by atoms with Gasteiger partial charge in [-0.1, -0.05) is 18.2 Å². The highest BCUT2D eigenvalue weighted by atomic mass is 16.5. The lowest BCUT2D eigenvalue weighted by atomic mass is 9.86. The van der Waals surface area contributed by atoms with Crippen LogP contribution in [0.25, 0.3) is 17.3 Å². The van der Waals surface area contributed by atoms with Crippen molar-refractivity contribution in [2.45, 2.75) is 58.3 Å². The van der Waals surface area contributed by atoms with E-state index in [-0.39, 0.29) is 24.0 Å². The Labute approximate surface area is 235 Å². The van der Waals surface area contributed by atoms with E-state index in [4.69, 9.17) is 4.74 Å². The van der Waals surface area contributed by atoms with E-state index in [9.17, 15) is 14.7 Å². The van der Waals surface area contributed by atoms with Crippen molar-refractivity contribution in [3.05, 3.63) is 72.2 Å². The summed E-state index contributed by atoms with van der Waals surface area (Å²) in [7, 11) is 4.01. The summed E-state index contributed by atoms with van der Waals surface area (Å²) in [6.45, 7) is 3.86. The molecule has 0 atom stereocenters. The summed E-state index contributed by atoms with van der Waals surface area (Å²) < 4.78 is 5.14. The zero-order valence-electron chi connectivity index (χ0n) is 23.5. The summed E-state index contributed by atoms with van der Waals surface area (Å²) in [5.74, 6) is -0.699. The molecule has 0 aliphatic heterocycles. The number of hydrogen-bond acceptors (Lipinski definition) is 8. The monoisotopic (exact) mass is 543 g/mol. The number of rotatable bonds is 9. The molecule has 0 spiro atoms. The van der Waals surface area contributed by atoms with Crippen LogP contribution in [0.4, 0.5) is 11.4 Å². The van der Waals surface area contributed by atoms with Crippen LogP contribution in [0.15, 0.2) is 60.9 Å². The van der Waals surface area contributed by atoms with Crippen LogP contribution in [0.3, 0.4) is 0 Å². The van der Waals surface area contributed by atoms with Crippen molar-refractivity contribution in [3.63, 3.8) is 0 Å². The average Bonchev–Trinajstić information content (AvgIpc) is 2.95. The van der Waals surface area contributed by atoms with Gasteiger partial charge in [0, 0.05) is 43.5 Å². The average molecular weight is 544 g/mol. The van der Waals surface area contributed by atoms with Crippen LogP contribution in [-0.2, 0) is 20.9 Å². The molecular weight excluding hydrogens is 506 g/mol. The maximum absolute atomic E-state index is 13.8. The van der Waals surface area contributed by atoms with E-state index in [1.54, 1.807) is 37.2 Å². The number of aliphatic hydroxyl groups excluding tert-OH is 1. The summed E-state index contributed by atoms with van der Waals surface area (Å²) in [6, 6.07) is 13.9. The third-order valence-electron chi connectivity index (χ3n) is 6.87. The van der Waals surface area contributed by atoms with Crippen molar-refractivity contribution in [1.82, 2.24) is 15.2 Å². The number of benzene rings is 1. The maximum atomic E-state index is 13.8. The molecule has 1 amide bonds. The van der Waals surface area contributed by atoms with Crippen LogP contribution in [0, 0.1) is 5.92 Å². The van der Waals surface area contributed by atoms with Gasteiger partial charge in [-0.3, -0.25) is 9.78 Å². The molecule has 0 saturated heterocycles. The summed E-state index contributed by atoms with van der Waals surface area (Å²) in [5.41, 5.74) is 4.85. The van der Waals surface area contributed by atoms with E-state index in [0.29, 0.717) is 43.6 Å². The predicted molar refractivity (Wildman–Crippen MR) is 155 cm³/mol. The Hall–Kier alpha value is -4.11. The normalized spacial score (nSPS) is 17.1. The lowest BCUT2D eigenvalue weighted by Gasteiger charge is -2.30. The van der Waals surface area contributed by atoms with E-state index < -0.39 is 5.97 Å². The fourth-order valence-corrected chi connectivity index (χ4v) is 4.67. The predicted octanol–water partition coefficient (Wildman–Crippen LogP) is 4.65. The molecule has 1 aliphatic rings. The van der Waals surface area contributed by atoms with Crippen molar-refractivity contribution in [2.75, 3.05) is 23.9 Å². The molecule has 1 fully saturated rings. The minimum Gasteiger partial charge on any atom is -0.460 e. The number of carbonyl (C=O) groups is 2. The molecule has 1 aromatic carbocycles. The Balaban J connectivity index is 1.57. The van der Waals surface area contributed by atoms with Gasteiger partial charge in [-0.25, -0.2) is 4.79 Å². The zero-order valence-corrected chi connectivity index (χ0v) is 23.5. The second-order valence-corrected chi connectivity index (χ2v) is 10.6. The first kappa shape index (κ1) is 28.9. The van der Waals surface area contributed by atoms with Gasteiger partial charge in [0.25, 0.3) is 0 Å². The van der Waals surface area contributed by atoms with E-state index in [1.165, 1.54) is 12.2 Å². The molecule has 4 rings (SSSR count). The lowest BCUT2D eigenvalue weighted by molar-refractivity contribution is -0.141. The van der Waals surface area contributed by atoms with Crippen LogP contribution in [0.1, 0.15) is 50.8 Å². The second kappa shape index (κ2) is 13.3. The van der Waals surface area contributed by atoms with E-state index in [0.717, 1.165) is 22.5 Å². The minimum atomic E-state index is -0.474. The summed E-state index contributed by atoms with van der Waals surface area (Å²) in [4.78, 5) is 34.1. The zero-order chi connectivity index (χ0) is 28.6. The molecule has 3 aromatic rings. The molecule has 0 unspecified atom stereocenters. The highest BCUT2D eigenvalue weighted by molar-refractivity contribution is 5.95. The van der Waals surface area contributed by atoms with Crippen LogP contribution < -0.4 is 9.80 Å². The third kappa shape index (κ3) is 7.72. The SMILES string of the molecule is CC(C)OC(=O)/C=C/c1cc(N(Cc2ccc(-c3ccc(N(C)C)cc3)nc2)C(=O)C2CCC(O)CC2)cnn1. The van der Waals surface area contributed by atoms with Crippen molar-refractivity contribution < 1.29 is 19.4 Å². The molecule has 0 radical (unpaired) electrons. The Kier molecular flexibility index (Phi) is 9.60. The van der Waals surface area contributed by atoms with E-state index >= 15 is 0 Å². The van der Waals surface area contributed by atoms with E-state index in [1.807, 2.05) is 43.3 Å². The summed E-state index contributed by atoms with van der Waals surface area (Å²) in [5, 5.41) is 18.1. The van der Waals surface area contributed by atoms with Crippen LogP contribution in [-0.4, -0.2) is 58.5 Å². The van der Waals surface area contributed by atoms with Crippen molar-refractivity contribution in [1.29, 1.82) is 0 Å². The fourth-order valence-electron chi connectivity index (χ4n) is 4.67. The molecule has 1 saturated carbocycles. The van der Waals surface area contributed by atoms with E-state index in [2.05, 4.69) is 27.3 Å². The molecule has 210 valence electrons. The summed E-state index contributed by atoms with van der Waals surface area (Å²) >= 11 is 0. The van der Waals surface area contributed by atoms with Crippen LogP contribution in [0.5, 0.6) is 0 Å². The number of carbonyl (C=O) groups excluding carboxylic acids is 2. The lowest BCUT2D eigenvalue weighted by Crippen LogP contribution is -2.38. The number of aromatic nitrogens is 3. The quantitative estimate of drug-likeness (QED) is 0.307. The number of ether oxygens (including phenoxy) is 1. The van der Waals surface area contributed by atoms with Crippen molar-refractivity contribution in [2.24, 2.45) is 5.92 Å². The number of esters is 1. The highest BCUT2D eigenvalue weighted by Crippen LogP contribution is 2.29. The van der Waals surface area contributed by atoms with Gasteiger partial charge < -0.3 is 19.6 Å². The Morgan fingerprint density at radius 1 is 1.02 bits per heavy atom. The van der Waals surface area contributed by atoms with Crippen LogP contribution >= 0.6 is 0 Å². The largest absolute Gasteiger partial charge is 0.460 e. The number of nitrogens with zero attached hydrogens (tertiary/aromatic N) is 5. The van der Waals surface area contributed by atoms with Gasteiger partial charge in [-0.15, -0.1) is 0 Å². The molecular formula is C31H37N5O4. The van der Waals surface area contributed by atoms with Gasteiger partial charge in [0.15, 0.2) is 0 Å². The molecule has 1 aliphatic carbocycles. The second-order valence-electron chi connectivity index (χ2n) is 10.6. The highest BCUT2D eigenvalue weighted by Gasteiger charge is 2.30. The first-order chi connectivity index (χ1) is 19.2. The molecule has 0 bridgehead atoms. The van der Waals surface area contributed by atoms with Crippen LogP contribution in [0.2, 0.25) is 0 Å². The number of anilines is 2. The first-order valence-corrected chi connectivity index (χ1v) is 13.6. The van der Waals surface area contributed by atoms with Gasteiger partial charge >= 0.3 is 5.97 Å². The van der Waals surface area contributed by atoms with Crippen molar-refractivity contribution in [3.8, 4) is 11.3 Å². The van der Waals surface area contributed by atoms with Gasteiger partial charge in [-0.2, -0.15) is 10.2 Å². The Morgan fingerprint density at radius 3 is 2.38 bits per heavy atom. The minimum absolute atomic E-state index is 0.0302.